The molecule has 2 fully saturated rings. The summed E-state index contributed by atoms with van der Waals surface area (Å²) < 4.78 is 173. The number of anilines is 2. The second-order valence-corrected chi connectivity index (χ2v) is 20.5. The molecule has 1 N–H and O–H groups in total. The number of hydrogen-bond acceptors (Lipinski definition) is 15. The van der Waals surface area contributed by atoms with Crippen LogP contribution in [-0.4, -0.2) is 127 Å². The first kappa shape index (κ1) is 49.8. The van der Waals surface area contributed by atoms with Crippen molar-refractivity contribution >= 4 is 41.8 Å². The molecule has 20 nitrogen and oxygen atoms in total. The molecule has 0 saturated carbocycles. The summed E-state index contributed by atoms with van der Waals surface area (Å²) in [5.41, 5.74) is 0.657. The molecule has 0 unspecified atom stereocenters. The molecule has 0 bridgehead atoms. The average Bonchev–Trinajstić information content (AvgIpc) is 4.04. The highest BCUT2D eigenvalue weighted by Crippen LogP contribution is 2.30. The van der Waals surface area contributed by atoms with Crippen molar-refractivity contribution in [3.05, 3.63) is 120 Å². The van der Waals surface area contributed by atoms with Crippen molar-refractivity contribution in [1.29, 1.82) is 0 Å². The first-order valence-corrected chi connectivity index (χ1v) is 24.8. The largest absolute Gasteiger partial charge is 0.415 e. The lowest BCUT2D eigenvalue weighted by Crippen LogP contribution is -2.54. The van der Waals surface area contributed by atoms with E-state index >= 15 is 4.39 Å². The Bertz CT molecular complexity index is 3000. The van der Waals surface area contributed by atoms with Gasteiger partial charge in [-0.1, -0.05) is 12.1 Å². The lowest BCUT2D eigenvalue weighted by atomic mass is 10.1. The van der Waals surface area contributed by atoms with Gasteiger partial charge in [-0.15, -0.1) is 20.4 Å². The summed E-state index contributed by atoms with van der Waals surface area (Å²) in [4.78, 5) is 7.93. The molecule has 364 valence electrons. The number of nitrogens with one attached hydrogen (secondary N) is 1. The summed E-state index contributed by atoms with van der Waals surface area (Å²) in [6.07, 6.45) is 0.779. The Labute approximate surface area is 385 Å². The van der Waals surface area contributed by atoms with Crippen LogP contribution in [0, 0.1) is 11.6 Å². The van der Waals surface area contributed by atoms with E-state index in [1.165, 1.54) is 69.8 Å². The van der Waals surface area contributed by atoms with Crippen LogP contribution in [0.5, 0.6) is 0 Å². The van der Waals surface area contributed by atoms with Crippen molar-refractivity contribution in [1.82, 2.24) is 48.6 Å². The summed E-state index contributed by atoms with van der Waals surface area (Å²) in [6.45, 7) is 0.652. The van der Waals surface area contributed by atoms with E-state index in [9.17, 15) is 47.2 Å². The molecule has 68 heavy (non-hydrogen) atoms. The molecule has 0 spiro atoms. The van der Waals surface area contributed by atoms with Crippen LogP contribution in [0.25, 0.3) is 22.9 Å². The minimum absolute atomic E-state index is 0.0189. The zero-order chi connectivity index (χ0) is 48.8. The van der Waals surface area contributed by atoms with Gasteiger partial charge in [-0.25, -0.2) is 17.2 Å². The van der Waals surface area contributed by atoms with Crippen LogP contribution in [0.4, 0.5) is 37.7 Å². The van der Waals surface area contributed by atoms with Crippen molar-refractivity contribution in [2.75, 3.05) is 67.2 Å². The number of sulfonamides is 1. The Morgan fingerprint density at radius 1 is 0.603 bits per heavy atom. The highest BCUT2D eigenvalue weighted by atomic mass is 32.2. The van der Waals surface area contributed by atoms with Gasteiger partial charge in [0, 0.05) is 87.0 Å². The number of rotatable bonds is 15. The molecule has 2 aromatic carbocycles. The van der Waals surface area contributed by atoms with E-state index in [1.807, 2.05) is 0 Å². The zero-order valence-electron chi connectivity index (χ0n) is 35.5. The zero-order valence-corrected chi connectivity index (χ0v) is 37.9. The maximum absolute atomic E-state index is 15.0. The first-order chi connectivity index (χ1) is 32.3. The fourth-order valence-electron chi connectivity index (χ4n) is 6.81. The molecule has 2 saturated heterocycles. The first-order valence-electron chi connectivity index (χ1n) is 20.1. The predicted octanol–water partition coefficient (Wildman–Crippen LogP) is 4.40. The second kappa shape index (κ2) is 21.0. The third-order valence-corrected chi connectivity index (χ3v) is 15.4. The average molecular weight is 1020 g/mol. The molecule has 29 heteroatoms. The van der Waals surface area contributed by atoms with Gasteiger partial charge >= 0.3 is 33.3 Å². The van der Waals surface area contributed by atoms with Gasteiger partial charge < -0.3 is 14.2 Å². The number of pyridine rings is 2. The number of hydrogen-bond donors (Lipinski definition) is 1. The maximum atomic E-state index is 15.0. The summed E-state index contributed by atoms with van der Waals surface area (Å²) in [7, 11) is -11.7. The van der Waals surface area contributed by atoms with Crippen molar-refractivity contribution in [2.45, 2.75) is 25.9 Å². The van der Waals surface area contributed by atoms with Gasteiger partial charge in [-0.05, 0) is 48.5 Å². The van der Waals surface area contributed by atoms with Crippen LogP contribution in [0.1, 0.15) is 35.8 Å². The molecule has 2 aliphatic rings. The van der Waals surface area contributed by atoms with E-state index in [4.69, 9.17) is 8.83 Å². The molecule has 0 atom stereocenters. The Morgan fingerprint density at radius 2 is 1.01 bits per heavy atom. The van der Waals surface area contributed by atoms with Crippen molar-refractivity contribution in [3.63, 3.8) is 0 Å². The quantitative estimate of drug-likeness (QED) is 0.140. The summed E-state index contributed by atoms with van der Waals surface area (Å²) in [6, 6.07) is 13.6. The van der Waals surface area contributed by atoms with E-state index in [-0.39, 0.29) is 91.2 Å². The van der Waals surface area contributed by atoms with E-state index in [0.29, 0.717) is 13.1 Å². The van der Waals surface area contributed by atoms with Crippen LogP contribution in [0.2, 0.25) is 0 Å². The monoisotopic (exact) mass is 1010 g/mol. The Hall–Kier alpha value is -6.11. The molecule has 0 amide bonds. The highest BCUT2D eigenvalue weighted by Gasteiger charge is 2.36. The SMILES string of the molecule is CS(=O)(=O)N1CCN(S(=O)(=O)N(Cc2ccc(-c3nnc(C(F)F)o3)cc2F)c2cccnc2)CC1.O=S(=O)(N1CCNCC1)N(Cc1ccc(-c2nnc(C(F)F)o2)cc1F)c1cccnc1. The highest BCUT2D eigenvalue weighted by molar-refractivity contribution is 7.90. The topological polar surface area (TPSA) is 234 Å². The fraction of sp³-hybridized carbons (Fsp3) is 0.333. The van der Waals surface area contributed by atoms with Crippen LogP contribution >= 0.6 is 0 Å². The van der Waals surface area contributed by atoms with Gasteiger partial charge in [-0.2, -0.15) is 47.3 Å². The van der Waals surface area contributed by atoms with Crippen molar-refractivity contribution in [2.24, 2.45) is 0 Å². The van der Waals surface area contributed by atoms with Gasteiger partial charge in [0.05, 0.1) is 43.1 Å². The number of aromatic nitrogens is 6. The maximum Gasteiger partial charge on any atom is 0.314 e. The molecule has 0 radical (unpaired) electrons. The van der Waals surface area contributed by atoms with Crippen molar-refractivity contribution < 1.29 is 60.4 Å². The van der Waals surface area contributed by atoms with Gasteiger partial charge in [0.2, 0.25) is 21.8 Å². The number of alkyl halides is 4. The van der Waals surface area contributed by atoms with Crippen LogP contribution in [0.3, 0.4) is 0 Å². The Morgan fingerprint density at radius 3 is 1.37 bits per heavy atom. The van der Waals surface area contributed by atoms with Gasteiger partial charge in [-0.3, -0.25) is 18.6 Å². The molecule has 8 rings (SSSR count). The summed E-state index contributed by atoms with van der Waals surface area (Å²) >= 11 is 0. The Kier molecular flexibility index (Phi) is 15.4. The molecule has 2 aliphatic heterocycles. The summed E-state index contributed by atoms with van der Waals surface area (Å²) in [5, 5.41) is 16.5. The summed E-state index contributed by atoms with van der Waals surface area (Å²) in [5.74, 6) is -3.91. The molecular formula is C39H40F6N12O8S3. The molecule has 6 heterocycles. The molecule has 0 aliphatic carbocycles. The third kappa shape index (κ3) is 11.6. The van der Waals surface area contributed by atoms with Gasteiger partial charge in [0.1, 0.15) is 11.6 Å². The van der Waals surface area contributed by atoms with Gasteiger partial charge in [0.15, 0.2) is 0 Å². The number of halogens is 6. The predicted molar refractivity (Wildman–Crippen MR) is 230 cm³/mol. The molecule has 4 aromatic heterocycles. The lowest BCUT2D eigenvalue weighted by molar-refractivity contribution is 0.115. The Balaban J connectivity index is 0.000000203. The van der Waals surface area contributed by atoms with E-state index < -0.39 is 73.3 Å². The second-order valence-electron chi connectivity index (χ2n) is 14.8. The van der Waals surface area contributed by atoms with E-state index in [0.717, 1.165) is 31.3 Å². The van der Waals surface area contributed by atoms with Crippen LogP contribution in [0.15, 0.2) is 94.3 Å². The minimum atomic E-state index is -4.22. The fourth-order valence-corrected chi connectivity index (χ4v) is 10.8. The normalized spacial score (nSPS) is 15.6. The number of benzene rings is 2. The standard InChI is InChI=1S/C20H21F3N6O5S2.C19H19F3N6O3S/c1-35(30,31)27-7-9-28(10-8-27)36(32,33)29(16-3-2-6-24-12-16)13-15-5-4-14(11-17(15)21)19-25-26-20(34-19)18(22)23;20-16-10-13(18-25-26-19(31-18)17(21)22)3-4-14(16)12-28(15-2-1-5-24-11-15)32(29,30)27-8-6-23-7-9-27/h2-6,11-12,18H,7-10,13H2,1H3;1-5,10-11,17,23H,6-9,12H2. The van der Waals surface area contributed by atoms with Crippen molar-refractivity contribution in [3.8, 4) is 22.9 Å². The molecule has 6 aromatic rings. The van der Waals surface area contributed by atoms with E-state index in [2.05, 4.69) is 35.7 Å². The molecular weight excluding hydrogens is 975 g/mol. The third-order valence-electron chi connectivity index (χ3n) is 10.3. The lowest BCUT2D eigenvalue weighted by Gasteiger charge is -2.36. The minimum Gasteiger partial charge on any atom is -0.415 e. The number of nitrogens with zero attached hydrogens (tertiary/aromatic N) is 11. The van der Waals surface area contributed by atoms with Crippen LogP contribution < -0.4 is 13.9 Å². The van der Waals surface area contributed by atoms with E-state index in [1.54, 1.807) is 12.1 Å². The van der Waals surface area contributed by atoms with Gasteiger partial charge in [0.25, 0.3) is 11.8 Å². The number of piperazine rings is 2. The smallest absolute Gasteiger partial charge is 0.314 e. The van der Waals surface area contributed by atoms with Crippen LogP contribution in [-0.2, 0) is 43.5 Å².